The van der Waals surface area contributed by atoms with E-state index in [0.29, 0.717) is 52.2 Å². The minimum Gasteiger partial charge on any atom is -0.489 e. The maximum atomic E-state index is 13.9. The molecular formula is C42H41ClI2N6O6. The minimum atomic E-state index is -0.967. The second-order valence-electron chi connectivity index (χ2n) is 16.8. The van der Waals surface area contributed by atoms with E-state index in [9.17, 15) is 29.2 Å². The van der Waals surface area contributed by atoms with Gasteiger partial charge in [0.15, 0.2) is 0 Å². The van der Waals surface area contributed by atoms with E-state index in [1.54, 1.807) is 41.1 Å². The third kappa shape index (κ3) is 6.70. The fourth-order valence-corrected chi connectivity index (χ4v) is 12.5. The molecule has 3 fully saturated rings. The molecule has 3 aromatic carbocycles. The molecule has 296 valence electrons. The number of fused-ring (bicyclic) bond motifs is 2. The molecule has 0 spiro atoms. The van der Waals surface area contributed by atoms with Gasteiger partial charge >= 0.3 is 0 Å². The lowest BCUT2D eigenvalue weighted by Crippen LogP contribution is -2.73. The van der Waals surface area contributed by atoms with Crippen LogP contribution in [0.15, 0.2) is 54.6 Å². The highest BCUT2D eigenvalue weighted by Gasteiger charge is 2.66. The molecule has 8 rings (SSSR count). The average molecular weight is 1020 g/mol. The van der Waals surface area contributed by atoms with Crippen LogP contribution in [0.5, 0.6) is 5.75 Å². The average Bonchev–Trinajstić information content (AvgIpc) is 3.72. The number of nitrogens with zero attached hydrogens (tertiary/aromatic N) is 6. The molecule has 0 aromatic heterocycles. The van der Waals surface area contributed by atoms with Crippen LogP contribution in [0, 0.1) is 22.2 Å². The first-order chi connectivity index (χ1) is 27.0. The lowest BCUT2D eigenvalue weighted by Gasteiger charge is -2.64. The van der Waals surface area contributed by atoms with E-state index in [1.807, 2.05) is 39.5 Å². The van der Waals surface area contributed by atoms with Crippen molar-refractivity contribution >= 4 is 92.6 Å². The van der Waals surface area contributed by atoms with Crippen LogP contribution in [0.25, 0.3) is 0 Å². The Kier molecular flexibility index (Phi) is 10.4. The fourth-order valence-electron chi connectivity index (χ4n) is 10.0. The minimum absolute atomic E-state index is 0.0613. The van der Waals surface area contributed by atoms with Crippen molar-refractivity contribution in [1.29, 1.82) is 5.26 Å². The molecule has 3 aromatic rings. The van der Waals surface area contributed by atoms with Crippen molar-refractivity contribution in [3.63, 3.8) is 0 Å². The molecular weight excluding hydrogens is 974 g/mol. The molecule has 5 amide bonds. The SMILES string of the molecule is CC1(C)[C@H](Oc2ccc(C#N)c(Cl)c2)C(C)(C)[C@H]1N(I)C(=O)c1ccc(N2CCC(N3Cc4cc5c(cc4C3)C(=O)N(C3CCC(=O)N(I)C3=O)C5=O)CC2)cc1. The van der Waals surface area contributed by atoms with Gasteiger partial charge in [-0.25, -0.2) is 3.11 Å². The highest BCUT2D eigenvalue weighted by molar-refractivity contribution is 14.1. The first-order valence-electron chi connectivity index (χ1n) is 19.0. The van der Waals surface area contributed by atoms with Crippen molar-refractivity contribution in [2.45, 2.75) is 90.7 Å². The Morgan fingerprint density at radius 1 is 0.895 bits per heavy atom. The number of ether oxygens (including phenoxy) is 1. The molecule has 0 radical (unpaired) electrons. The van der Waals surface area contributed by atoms with Crippen LogP contribution >= 0.6 is 57.3 Å². The first-order valence-corrected chi connectivity index (χ1v) is 21.3. The Morgan fingerprint density at radius 3 is 2.05 bits per heavy atom. The maximum absolute atomic E-state index is 13.9. The number of anilines is 1. The summed E-state index contributed by atoms with van der Waals surface area (Å²) in [6, 6.07) is 17.9. The number of hydrogen-bond donors (Lipinski definition) is 0. The molecule has 1 aliphatic carbocycles. The van der Waals surface area contributed by atoms with E-state index in [0.717, 1.165) is 50.8 Å². The maximum Gasteiger partial charge on any atom is 0.262 e. The molecule has 1 atom stereocenters. The third-order valence-electron chi connectivity index (χ3n) is 12.6. The first kappa shape index (κ1) is 40.0. The lowest BCUT2D eigenvalue weighted by atomic mass is 9.49. The lowest BCUT2D eigenvalue weighted by molar-refractivity contribution is -0.179. The Bertz CT molecular complexity index is 2210. The second-order valence-corrected chi connectivity index (χ2v) is 19.2. The van der Waals surface area contributed by atoms with Gasteiger partial charge in [-0.2, -0.15) is 5.26 Å². The van der Waals surface area contributed by atoms with Gasteiger partial charge in [0.1, 0.15) is 24.0 Å². The van der Waals surface area contributed by atoms with Gasteiger partial charge < -0.3 is 9.64 Å². The molecule has 1 saturated carbocycles. The molecule has 15 heteroatoms. The number of carbonyl (C=O) groups excluding carboxylic acids is 5. The topological polar surface area (TPSA) is 135 Å². The summed E-state index contributed by atoms with van der Waals surface area (Å²) >= 11 is 10.1. The highest BCUT2D eigenvalue weighted by atomic mass is 127. The number of amides is 5. The Hall–Kier alpha value is -3.79. The highest BCUT2D eigenvalue weighted by Crippen LogP contribution is 2.59. The van der Waals surface area contributed by atoms with Crippen molar-refractivity contribution in [3.05, 3.63) is 93.0 Å². The predicted octanol–water partition coefficient (Wildman–Crippen LogP) is 7.33. The number of imide groups is 2. The summed E-state index contributed by atoms with van der Waals surface area (Å²) in [5.41, 5.74) is 4.06. The molecule has 5 aliphatic rings. The number of carbonyl (C=O) groups is 5. The van der Waals surface area contributed by atoms with Gasteiger partial charge in [0, 0.05) is 66.8 Å². The zero-order chi connectivity index (χ0) is 40.7. The molecule has 0 N–H and O–H groups in total. The van der Waals surface area contributed by atoms with Crippen LogP contribution in [-0.4, -0.2) is 82.9 Å². The molecule has 4 heterocycles. The van der Waals surface area contributed by atoms with Gasteiger partial charge in [-0.1, -0.05) is 39.3 Å². The van der Waals surface area contributed by atoms with E-state index in [-0.39, 0.29) is 47.6 Å². The largest absolute Gasteiger partial charge is 0.489 e. The van der Waals surface area contributed by atoms with Crippen molar-refractivity contribution in [1.82, 2.24) is 16.0 Å². The Morgan fingerprint density at radius 2 is 1.49 bits per heavy atom. The van der Waals surface area contributed by atoms with Gasteiger partial charge in [-0.15, -0.1) is 0 Å². The number of piperidine rings is 2. The molecule has 12 nitrogen and oxygen atoms in total. The molecule has 57 heavy (non-hydrogen) atoms. The monoisotopic (exact) mass is 1010 g/mol. The Labute approximate surface area is 364 Å². The van der Waals surface area contributed by atoms with E-state index < -0.39 is 23.8 Å². The number of hydrogen-bond acceptors (Lipinski definition) is 9. The standard InChI is InChI=1S/C42H41ClI2N6O6/c1-41(2)39(42(3,4)40(41)57-29-10-7-24(20-46)32(43)19-29)51(45)35(53)23-5-8-27(9-6-23)47-15-13-28(14-16-47)48-21-25-17-30-31(18-26(25)22-48)37(55)49(36(30)54)33-11-12-34(52)50(44)38(33)56/h5-10,17-19,28,33,39-40H,11-16,21-22H2,1-4H3/t33?,39-,40-. The van der Waals surface area contributed by atoms with Crippen LogP contribution in [0.2, 0.25) is 5.02 Å². The summed E-state index contributed by atoms with van der Waals surface area (Å²) < 4.78 is 9.23. The predicted molar refractivity (Wildman–Crippen MR) is 229 cm³/mol. The van der Waals surface area contributed by atoms with Gasteiger partial charge in [0.25, 0.3) is 23.6 Å². The number of benzene rings is 3. The number of halogens is 3. The van der Waals surface area contributed by atoms with Gasteiger partial charge in [-0.3, -0.25) is 36.9 Å². The van der Waals surface area contributed by atoms with Crippen LogP contribution in [0.1, 0.15) is 101 Å². The molecule has 4 aliphatic heterocycles. The normalized spacial score (nSPS) is 24.2. The molecule has 0 bridgehead atoms. The van der Waals surface area contributed by atoms with E-state index in [2.05, 4.69) is 66.4 Å². The van der Waals surface area contributed by atoms with Crippen molar-refractivity contribution < 1.29 is 28.7 Å². The van der Waals surface area contributed by atoms with Gasteiger partial charge in [0.2, 0.25) is 5.91 Å². The number of nitriles is 1. The zero-order valence-corrected chi connectivity index (χ0v) is 37.0. The third-order valence-corrected chi connectivity index (χ3v) is 14.9. The van der Waals surface area contributed by atoms with Crippen molar-refractivity contribution in [2.75, 3.05) is 18.0 Å². The summed E-state index contributed by atoms with van der Waals surface area (Å²) in [6.07, 6.45) is 1.94. The van der Waals surface area contributed by atoms with Gasteiger partial charge in [0.05, 0.1) is 73.5 Å². The number of rotatable bonds is 7. The van der Waals surface area contributed by atoms with E-state index >= 15 is 0 Å². The zero-order valence-electron chi connectivity index (χ0n) is 31.9. The second kappa shape index (κ2) is 14.8. The Balaban J connectivity index is 0.861. The van der Waals surface area contributed by atoms with Crippen LogP contribution in [0.4, 0.5) is 5.69 Å². The summed E-state index contributed by atoms with van der Waals surface area (Å²) in [7, 11) is 0. The summed E-state index contributed by atoms with van der Waals surface area (Å²) in [4.78, 5) is 71.4. The van der Waals surface area contributed by atoms with Gasteiger partial charge in [-0.05, 0) is 78.9 Å². The summed E-state index contributed by atoms with van der Waals surface area (Å²) in [5.74, 6) is -1.26. The van der Waals surface area contributed by atoms with Crippen LogP contribution in [-0.2, 0) is 22.7 Å². The van der Waals surface area contributed by atoms with Crippen LogP contribution < -0.4 is 9.64 Å². The molecule has 1 unspecified atom stereocenters. The quantitative estimate of drug-likeness (QED) is 0.136. The molecule has 2 saturated heterocycles. The van der Waals surface area contributed by atoms with Crippen molar-refractivity contribution in [2.24, 2.45) is 10.8 Å². The fraction of sp³-hybridized carbons (Fsp3) is 0.429. The van der Waals surface area contributed by atoms with E-state index in [4.69, 9.17) is 16.3 Å². The summed E-state index contributed by atoms with van der Waals surface area (Å²) in [5, 5.41) is 9.59. The van der Waals surface area contributed by atoms with Crippen molar-refractivity contribution in [3.8, 4) is 11.8 Å². The van der Waals surface area contributed by atoms with Crippen LogP contribution in [0.3, 0.4) is 0 Å². The smallest absolute Gasteiger partial charge is 0.262 e. The summed E-state index contributed by atoms with van der Waals surface area (Å²) in [6.45, 7) is 11.5. The van der Waals surface area contributed by atoms with E-state index in [1.165, 1.54) is 0 Å².